The van der Waals surface area contributed by atoms with Crippen molar-refractivity contribution < 1.29 is 19.1 Å². The second-order valence-corrected chi connectivity index (χ2v) is 9.26. The summed E-state index contributed by atoms with van der Waals surface area (Å²) in [5.74, 6) is 0.633. The lowest BCUT2D eigenvalue weighted by molar-refractivity contribution is 0.0936. The summed E-state index contributed by atoms with van der Waals surface area (Å²) >= 11 is 0. The van der Waals surface area contributed by atoms with Gasteiger partial charge in [-0.3, -0.25) is 9.59 Å². The van der Waals surface area contributed by atoms with E-state index >= 15 is 0 Å². The molecule has 1 heterocycles. The van der Waals surface area contributed by atoms with Crippen LogP contribution in [0.5, 0.6) is 5.75 Å². The summed E-state index contributed by atoms with van der Waals surface area (Å²) in [6, 6.07) is 23.2. The van der Waals surface area contributed by atoms with Gasteiger partial charge in [-0.25, -0.2) is 0 Å². The van der Waals surface area contributed by atoms with Gasteiger partial charge in [-0.1, -0.05) is 42.5 Å². The lowest BCUT2D eigenvalue weighted by Gasteiger charge is -2.35. The minimum atomic E-state index is -0.294. The van der Waals surface area contributed by atoms with Gasteiger partial charge in [-0.2, -0.15) is 0 Å². The Kier molecular flexibility index (Phi) is 9.16. The van der Waals surface area contributed by atoms with Crippen LogP contribution in [0.2, 0.25) is 0 Å². The Hall–Kier alpha value is -3.84. The van der Waals surface area contributed by atoms with Crippen molar-refractivity contribution in [3.8, 4) is 5.75 Å². The predicted octanol–water partition coefficient (Wildman–Crippen LogP) is 4.78. The first kappa shape index (κ1) is 26.2. The molecule has 3 aromatic carbocycles. The molecule has 0 unspecified atom stereocenters. The first-order valence-corrected chi connectivity index (χ1v) is 12.7. The molecule has 37 heavy (non-hydrogen) atoms. The van der Waals surface area contributed by atoms with Gasteiger partial charge in [-0.15, -0.1) is 0 Å². The molecule has 1 saturated heterocycles. The number of para-hydroxylation sites is 1. The molecule has 0 radical (unpaired) electrons. The first-order valence-electron chi connectivity index (χ1n) is 12.7. The Balaban J connectivity index is 1.50. The third kappa shape index (κ3) is 6.89. The van der Waals surface area contributed by atoms with Crippen LogP contribution in [-0.2, 0) is 11.2 Å². The molecule has 7 heteroatoms. The van der Waals surface area contributed by atoms with Crippen molar-refractivity contribution in [2.24, 2.45) is 5.92 Å². The molecule has 0 atom stereocenters. The van der Waals surface area contributed by atoms with E-state index in [9.17, 15) is 9.59 Å². The summed E-state index contributed by atoms with van der Waals surface area (Å²) in [5, 5.41) is 5.85. The first-order chi connectivity index (χ1) is 18.1. The van der Waals surface area contributed by atoms with Gasteiger partial charge >= 0.3 is 0 Å². The lowest BCUT2D eigenvalue weighted by Crippen LogP contribution is -2.36. The zero-order valence-corrected chi connectivity index (χ0v) is 21.5. The van der Waals surface area contributed by atoms with Gasteiger partial charge in [-0.05, 0) is 61.1 Å². The van der Waals surface area contributed by atoms with E-state index in [0.717, 1.165) is 38.0 Å². The maximum Gasteiger partial charge on any atom is 0.259 e. The SMILES string of the molecule is COCCNC(=O)c1cc(NC(=O)c2ccccc2OC)ccc1N1CCC(Cc2ccccc2)CC1. The van der Waals surface area contributed by atoms with Crippen molar-refractivity contribution in [3.05, 3.63) is 89.5 Å². The Morgan fingerprint density at radius 2 is 1.62 bits per heavy atom. The van der Waals surface area contributed by atoms with Crippen molar-refractivity contribution in [3.63, 3.8) is 0 Å². The van der Waals surface area contributed by atoms with E-state index in [4.69, 9.17) is 9.47 Å². The zero-order valence-electron chi connectivity index (χ0n) is 21.5. The van der Waals surface area contributed by atoms with Gasteiger partial charge in [0, 0.05) is 38.1 Å². The number of hydrogen-bond donors (Lipinski definition) is 2. The van der Waals surface area contributed by atoms with Crippen LogP contribution in [0, 0.1) is 5.92 Å². The summed E-state index contributed by atoms with van der Waals surface area (Å²) in [7, 11) is 3.14. The fourth-order valence-electron chi connectivity index (χ4n) is 4.79. The average molecular weight is 502 g/mol. The fraction of sp³-hybridized carbons (Fsp3) is 0.333. The van der Waals surface area contributed by atoms with Crippen LogP contribution >= 0.6 is 0 Å². The molecule has 1 aliphatic heterocycles. The second-order valence-electron chi connectivity index (χ2n) is 9.26. The molecule has 0 aliphatic carbocycles. The molecular weight excluding hydrogens is 466 g/mol. The number of ether oxygens (including phenoxy) is 2. The molecule has 2 N–H and O–H groups in total. The molecule has 1 fully saturated rings. The van der Waals surface area contributed by atoms with Crippen LogP contribution < -0.4 is 20.3 Å². The highest BCUT2D eigenvalue weighted by molar-refractivity contribution is 6.07. The van der Waals surface area contributed by atoms with Gasteiger partial charge in [0.25, 0.3) is 11.8 Å². The van der Waals surface area contributed by atoms with E-state index in [1.165, 1.54) is 12.7 Å². The van der Waals surface area contributed by atoms with E-state index in [1.807, 2.05) is 24.3 Å². The number of anilines is 2. The van der Waals surface area contributed by atoms with E-state index in [1.54, 1.807) is 31.4 Å². The Labute approximate surface area is 218 Å². The van der Waals surface area contributed by atoms with Crippen LogP contribution in [0.4, 0.5) is 11.4 Å². The molecule has 0 spiro atoms. The van der Waals surface area contributed by atoms with Crippen molar-refractivity contribution in [2.45, 2.75) is 19.3 Å². The molecule has 2 amide bonds. The Bertz CT molecular complexity index is 1190. The van der Waals surface area contributed by atoms with Crippen LogP contribution in [0.1, 0.15) is 39.1 Å². The highest BCUT2D eigenvalue weighted by Gasteiger charge is 2.24. The quantitative estimate of drug-likeness (QED) is 0.391. The van der Waals surface area contributed by atoms with Crippen LogP contribution in [0.15, 0.2) is 72.8 Å². The molecule has 0 saturated carbocycles. The monoisotopic (exact) mass is 501 g/mol. The molecule has 7 nitrogen and oxygen atoms in total. The van der Waals surface area contributed by atoms with Crippen molar-refractivity contribution in [1.29, 1.82) is 0 Å². The maximum atomic E-state index is 13.2. The van der Waals surface area contributed by atoms with Gasteiger partial charge < -0.3 is 25.0 Å². The highest BCUT2D eigenvalue weighted by Crippen LogP contribution is 2.30. The summed E-state index contributed by atoms with van der Waals surface area (Å²) in [4.78, 5) is 28.4. The molecule has 4 rings (SSSR count). The van der Waals surface area contributed by atoms with Crippen molar-refractivity contribution in [1.82, 2.24) is 5.32 Å². The minimum Gasteiger partial charge on any atom is -0.496 e. The summed E-state index contributed by atoms with van der Waals surface area (Å²) < 4.78 is 10.4. The number of carbonyl (C=O) groups excluding carboxylic acids is 2. The predicted molar refractivity (Wildman–Crippen MR) is 147 cm³/mol. The average Bonchev–Trinajstić information content (AvgIpc) is 2.94. The van der Waals surface area contributed by atoms with E-state index < -0.39 is 0 Å². The van der Waals surface area contributed by atoms with Crippen LogP contribution in [0.3, 0.4) is 0 Å². The number of hydrogen-bond acceptors (Lipinski definition) is 5. The molecule has 3 aromatic rings. The van der Waals surface area contributed by atoms with Gasteiger partial charge in [0.05, 0.1) is 24.8 Å². The third-order valence-corrected chi connectivity index (χ3v) is 6.76. The third-order valence-electron chi connectivity index (χ3n) is 6.76. The topological polar surface area (TPSA) is 79.9 Å². The van der Waals surface area contributed by atoms with E-state index in [2.05, 4.69) is 39.8 Å². The number of benzene rings is 3. The number of methoxy groups -OCH3 is 2. The van der Waals surface area contributed by atoms with Gasteiger partial charge in [0.1, 0.15) is 5.75 Å². The van der Waals surface area contributed by atoms with Gasteiger partial charge in [0.2, 0.25) is 0 Å². The largest absolute Gasteiger partial charge is 0.496 e. The maximum absolute atomic E-state index is 13.2. The molecular formula is C30H35N3O4. The van der Waals surface area contributed by atoms with E-state index in [0.29, 0.717) is 41.6 Å². The summed E-state index contributed by atoms with van der Waals surface area (Å²) in [6.45, 7) is 2.59. The zero-order chi connectivity index (χ0) is 26.0. The minimum absolute atomic E-state index is 0.188. The summed E-state index contributed by atoms with van der Waals surface area (Å²) in [5.41, 5.74) is 3.77. The molecule has 0 aromatic heterocycles. The molecule has 1 aliphatic rings. The smallest absolute Gasteiger partial charge is 0.259 e. The number of carbonyl (C=O) groups is 2. The number of piperidine rings is 1. The number of nitrogens with zero attached hydrogens (tertiary/aromatic N) is 1. The number of nitrogens with one attached hydrogen (secondary N) is 2. The standard InChI is InChI=1S/C30H35N3O4/c1-36-19-16-31-29(34)26-21-24(32-30(35)25-10-6-7-11-28(25)37-2)12-13-27(26)33-17-14-23(15-18-33)20-22-8-4-3-5-9-22/h3-13,21,23H,14-20H2,1-2H3,(H,31,34)(H,32,35). The summed E-state index contributed by atoms with van der Waals surface area (Å²) in [6.07, 6.45) is 3.20. The number of rotatable bonds is 10. The normalized spacial score (nSPS) is 13.7. The number of amides is 2. The van der Waals surface area contributed by atoms with E-state index in [-0.39, 0.29) is 11.8 Å². The Morgan fingerprint density at radius 1 is 0.892 bits per heavy atom. The highest BCUT2D eigenvalue weighted by atomic mass is 16.5. The van der Waals surface area contributed by atoms with Crippen LogP contribution in [-0.4, -0.2) is 52.3 Å². The van der Waals surface area contributed by atoms with Crippen molar-refractivity contribution in [2.75, 3.05) is 50.7 Å². The fourth-order valence-corrected chi connectivity index (χ4v) is 4.79. The second kappa shape index (κ2) is 12.9. The van der Waals surface area contributed by atoms with Gasteiger partial charge in [0.15, 0.2) is 0 Å². The van der Waals surface area contributed by atoms with Crippen LogP contribution in [0.25, 0.3) is 0 Å². The molecule has 0 bridgehead atoms. The Morgan fingerprint density at radius 3 is 2.35 bits per heavy atom. The molecule has 194 valence electrons. The van der Waals surface area contributed by atoms with Crippen molar-refractivity contribution >= 4 is 23.2 Å². The lowest BCUT2D eigenvalue weighted by atomic mass is 9.89.